The topological polar surface area (TPSA) is 32.7 Å². The van der Waals surface area contributed by atoms with E-state index in [1.807, 2.05) is 30.1 Å². The number of aliphatic hydroxyl groups excluding tert-OH is 1. The minimum absolute atomic E-state index is 0.309. The molecule has 3 nitrogen and oxygen atoms in total. The Morgan fingerprint density at radius 1 is 1.50 bits per heavy atom. The third kappa shape index (κ3) is 5.35. The Hall–Kier alpha value is -0.770. The number of hydrogen-bond donors (Lipinski definition) is 1. The van der Waals surface area contributed by atoms with Crippen molar-refractivity contribution in [2.45, 2.75) is 13.0 Å². The van der Waals surface area contributed by atoms with Crippen LogP contribution in [0, 0.1) is 0 Å². The molecule has 1 aromatic rings. The Morgan fingerprint density at radius 2 is 2.25 bits per heavy atom. The summed E-state index contributed by atoms with van der Waals surface area (Å²) in [5.74, 6) is 0.776. The van der Waals surface area contributed by atoms with Crippen LogP contribution in [0.1, 0.15) is 6.92 Å². The fourth-order valence-corrected chi connectivity index (χ4v) is 1.60. The van der Waals surface area contributed by atoms with Gasteiger partial charge in [0.05, 0.1) is 6.10 Å². The Bertz CT molecular complexity index is 318. The van der Waals surface area contributed by atoms with E-state index in [1.165, 1.54) is 0 Å². The summed E-state index contributed by atoms with van der Waals surface area (Å²) < 4.78 is 5.53. The molecule has 0 radical (unpaired) electrons. The Labute approximate surface area is 102 Å². The monoisotopic (exact) mass is 243 g/mol. The van der Waals surface area contributed by atoms with Crippen LogP contribution in [0.15, 0.2) is 24.3 Å². The van der Waals surface area contributed by atoms with Gasteiger partial charge in [-0.3, -0.25) is 0 Å². The minimum Gasteiger partial charge on any atom is -0.492 e. The lowest BCUT2D eigenvalue weighted by atomic mass is 10.3. The van der Waals surface area contributed by atoms with E-state index in [9.17, 15) is 5.11 Å². The molecule has 0 aliphatic heterocycles. The second-order valence-corrected chi connectivity index (χ2v) is 4.35. The van der Waals surface area contributed by atoms with Crippen molar-refractivity contribution in [2.24, 2.45) is 0 Å². The molecule has 0 aromatic heterocycles. The van der Waals surface area contributed by atoms with E-state index in [0.29, 0.717) is 18.2 Å². The van der Waals surface area contributed by atoms with Gasteiger partial charge < -0.3 is 14.7 Å². The summed E-state index contributed by atoms with van der Waals surface area (Å²) in [5, 5.41) is 9.85. The zero-order valence-electron chi connectivity index (χ0n) is 9.69. The predicted octanol–water partition coefficient (Wildman–Crippen LogP) is 2.03. The zero-order chi connectivity index (χ0) is 12.0. The summed E-state index contributed by atoms with van der Waals surface area (Å²) in [7, 11) is 1.95. The quantitative estimate of drug-likeness (QED) is 0.830. The van der Waals surface area contributed by atoms with Gasteiger partial charge in [0, 0.05) is 18.1 Å². The summed E-state index contributed by atoms with van der Waals surface area (Å²) in [6, 6.07) is 7.34. The Morgan fingerprint density at radius 3 is 2.88 bits per heavy atom. The van der Waals surface area contributed by atoms with E-state index in [1.54, 1.807) is 13.0 Å². The Balaban J connectivity index is 2.25. The van der Waals surface area contributed by atoms with Gasteiger partial charge >= 0.3 is 0 Å². The van der Waals surface area contributed by atoms with Crippen LogP contribution in [0.4, 0.5) is 0 Å². The van der Waals surface area contributed by atoms with Gasteiger partial charge in [0.15, 0.2) is 0 Å². The summed E-state index contributed by atoms with van der Waals surface area (Å²) in [4.78, 5) is 2.02. The molecule has 1 rings (SSSR count). The molecule has 0 amide bonds. The molecule has 0 spiro atoms. The lowest BCUT2D eigenvalue weighted by Crippen LogP contribution is -2.30. The molecular formula is C12H18ClNO2. The SMILES string of the molecule is CC(O)CN(C)CCOc1cccc(Cl)c1. The molecule has 1 N–H and O–H groups in total. The van der Waals surface area contributed by atoms with Gasteiger partial charge in [-0.05, 0) is 32.2 Å². The van der Waals surface area contributed by atoms with Crippen molar-refractivity contribution in [3.05, 3.63) is 29.3 Å². The fraction of sp³-hybridized carbons (Fsp3) is 0.500. The molecular weight excluding hydrogens is 226 g/mol. The van der Waals surface area contributed by atoms with Crippen molar-refractivity contribution in [3.63, 3.8) is 0 Å². The van der Waals surface area contributed by atoms with Gasteiger partial charge in [0.1, 0.15) is 12.4 Å². The minimum atomic E-state index is -0.309. The van der Waals surface area contributed by atoms with E-state index in [-0.39, 0.29) is 6.10 Å². The predicted molar refractivity (Wildman–Crippen MR) is 66.1 cm³/mol. The van der Waals surface area contributed by atoms with E-state index < -0.39 is 0 Å². The van der Waals surface area contributed by atoms with Crippen molar-refractivity contribution in [2.75, 3.05) is 26.7 Å². The molecule has 1 unspecified atom stereocenters. The van der Waals surface area contributed by atoms with Gasteiger partial charge in [-0.2, -0.15) is 0 Å². The first-order chi connectivity index (χ1) is 7.58. The highest BCUT2D eigenvalue weighted by Crippen LogP contribution is 2.16. The number of hydrogen-bond acceptors (Lipinski definition) is 3. The summed E-state index contributed by atoms with van der Waals surface area (Å²) in [5.41, 5.74) is 0. The van der Waals surface area contributed by atoms with Crippen molar-refractivity contribution < 1.29 is 9.84 Å². The van der Waals surface area contributed by atoms with E-state index in [0.717, 1.165) is 12.3 Å². The number of rotatable bonds is 6. The smallest absolute Gasteiger partial charge is 0.120 e. The molecule has 1 atom stereocenters. The van der Waals surface area contributed by atoms with E-state index >= 15 is 0 Å². The lowest BCUT2D eigenvalue weighted by molar-refractivity contribution is 0.131. The molecule has 0 bridgehead atoms. The van der Waals surface area contributed by atoms with Crippen LogP contribution in [-0.2, 0) is 0 Å². The number of nitrogens with zero attached hydrogens (tertiary/aromatic N) is 1. The number of benzene rings is 1. The first-order valence-electron chi connectivity index (χ1n) is 5.33. The van der Waals surface area contributed by atoms with Gasteiger partial charge in [0.2, 0.25) is 0 Å². The van der Waals surface area contributed by atoms with Crippen molar-refractivity contribution in [1.29, 1.82) is 0 Å². The van der Waals surface area contributed by atoms with Gasteiger partial charge in [-0.15, -0.1) is 0 Å². The maximum Gasteiger partial charge on any atom is 0.120 e. The molecule has 16 heavy (non-hydrogen) atoms. The fourth-order valence-electron chi connectivity index (χ4n) is 1.42. The van der Waals surface area contributed by atoms with Crippen LogP contribution in [0.25, 0.3) is 0 Å². The standard InChI is InChI=1S/C12H18ClNO2/c1-10(15)9-14(2)6-7-16-12-5-3-4-11(13)8-12/h3-5,8,10,15H,6-7,9H2,1-2H3. The zero-order valence-corrected chi connectivity index (χ0v) is 10.4. The van der Waals surface area contributed by atoms with Crippen LogP contribution in [0.3, 0.4) is 0 Å². The molecule has 0 saturated carbocycles. The van der Waals surface area contributed by atoms with E-state index in [4.69, 9.17) is 16.3 Å². The average Bonchev–Trinajstić information content (AvgIpc) is 2.16. The van der Waals surface area contributed by atoms with Gasteiger partial charge in [0.25, 0.3) is 0 Å². The molecule has 90 valence electrons. The van der Waals surface area contributed by atoms with Crippen LogP contribution >= 0.6 is 11.6 Å². The molecule has 1 aromatic carbocycles. The molecule has 0 aliphatic rings. The molecule has 0 saturated heterocycles. The first kappa shape index (κ1) is 13.3. The van der Waals surface area contributed by atoms with Crippen LogP contribution < -0.4 is 4.74 Å². The second-order valence-electron chi connectivity index (χ2n) is 3.92. The van der Waals surface area contributed by atoms with Gasteiger partial charge in [-0.1, -0.05) is 17.7 Å². The van der Waals surface area contributed by atoms with Crippen LogP contribution in [-0.4, -0.2) is 42.9 Å². The molecule has 4 heteroatoms. The summed E-state index contributed by atoms with van der Waals surface area (Å²) >= 11 is 5.83. The maximum absolute atomic E-state index is 9.18. The lowest BCUT2D eigenvalue weighted by Gasteiger charge is -2.18. The summed E-state index contributed by atoms with van der Waals surface area (Å²) in [6.07, 6.45) is -0.309. The number of halogens is 1. The highest BCUT2D eigenvalue weighted by molar-refractivity contribution is 6.30. The molecule has 0 aliphatic carbocycles. The van der Waals surface area contributed by atoms with Crippen LogP contribution in [0.2, 0.25) is 5.02 Å². The van der Waals surface area contributed by atoms with Crippen molar-refractivity contribution >= 4 is 11.6 Å². The maximum atomic E-state index is 9.18. The largest absolute Gasteiger partial charge is 0.492 e. The molecule has 0 fully saturated rings. The summed E-state index contributed by atoms with van der Waals surface area (Å²) in [6.45, 7) is 3.79. The number of ether oxygens (including phenoxy) is 1. The van der Waals surface area contributed by atoms with Crippen molar-refractivity contribution in [3.8, 4) is 5.75 Å². The van der Waals surface area contributed by atoms with Gasteiger partial charge in [-0.25, -0.2) is 0 Å². The second kappa shape index (κ2) is 6.74. The first-order valence-corrected chi connectivity index (χ1v) is 5.70. The number of aliphatic hydroxyl groups is 1. The molecule has 0 heterocycles. The van der Waals surface area contributed by atoms with E-state index in [2.05, 4.69) is 0 Å². The van der Waals surface area contributed by atoms with Crippen molar-refractivity contribution in [1.82, 2.24) is 4.90 Å². The number of likely N-dealkylation sites (N-methyl/N-ethyl adjacent to an activating group) is 1. The Kier molecular flexibility index (Phi) is 5.60. The third-order valence-electron chi connectivity index (χ3n) is 2.11. The highest BCUT2D eigenvalue weighted by Gasteiger charge is 2.02. The third-order valence-corrected chi connectivity index (χ3v) is 2.35. The average molecular weight is 244 g/mol. The normalized spacial score (nSPS) is 12.8. The van der Waals surface area contributed by atoms with Crippen LogP contribution in [0.5, 0.6) is 5.75 Å². The highest BCUT2D eigenvalue weighted by atomic mass is 35.5.